The second-order valence-corrected chi connectivity index (χ2v) is 5.70. The number of aromatic nitrogens is 1. The number of nitrogens with zero attached hydrogens (tertiary/aromatic N) is 1. The molecule has 3 N–H and O–H groups in total. The fraction of sp³-hybridized carbons (Fsp3) is 0.167. The van der Waals surface area contributed by atoms with Crippen molar-refractivity contribution in [1.82, 2.24) is 4.98 Å². The number of nitrogen functional groups attached to an aromatic ring is 1. The first-order valence-corrected chi connectivity index (χ1v) is 7.41. The maximum Gasteiger partial charge on any atom is 0.128 e. The van der Waals surface area contributed by atoms with Crippen LogP contribution in [-0.2, 0) is 6.42 Å². The Bertz CT molecular complexity index is 860. The van der Waals surface area contributed by atoms with E-state index in [1.807, 2.05) is 36.4 Å². The molecule has 0 amide bonds. The van der Waals surface area contributed by atoms with Crippen LogP contribution in [0.4, 0.5) is 15.9 Å². The van der Waals surface area contributed by atoms with Gasteiger partial charge in [0.2, 0.25) is 0 Å². The highest BCUT2D eigenvalue weighted by atomic mass is 19.1. The third kappa shape index (κ3) is 2.17. The third-order valence-corrected chi connectivity index (χ3v) is 4.23. The van der Waals surface area contributed by atoms with Crippen LogP contribution in [0.3, 0.4) is 0 Å². The molecule has 1 atom stereocenters. The van der Waals surface area contributed by atoms with Crippen LogP contribution in [-0.4, -0.2) is 4.98 Å². The molecule has 4 rings (SSSR count). The van der Waals surface area contributed by atoms with Gasteiger partial charge in [-0.15, -0.1) is 0 Å². The van der Waals surface area contributed by atoms with Crippen molar-refractivity contribution < 1.29 is 4.39 Å². The first kappa shape index (κ1) is 13.1. The zero-order chi connectivity index (χ0) is 15.1. The predicted molar refractivity (Wildman–Crippen MR) is 87.2 cm³/mol. The highest BCUT2D eigenvalue weighted by molar-refractivity contribution is 5.83. The van der Waals surface area contributed by atoms with E-state index in [0.29, 0.717) is 0 Å². The van der Waals surface area contributed by atoms with Gasteiger partial charge in [0.15, 0.2) is 0 Å². The Morgan fingerprint density at radius 3 is 2.95 bits per heavy atom. The van der Waals surface area contributed by atoms with Gasteiger partial charge in [-0.25, -0.2) is 9.37 Å². The number of hydrogen-bond acceptors (Lipinski definition) is 3. The van der Waals surface area contributed by atoms with Gasteiger partial charge >= 0.3 is 0 Å². The van der Waals surface area contributed by atoms with Crippen molar-refractivity contribution in [2.24, 2.45) is 0 Å². The molecule has 4 heteroatoms. The highest BCUT2D eigenvalue weighted by Crippen LogP contribution is 2.35. The number of benzene rings is 2. The second kappa shape index (κ2) is 4.98. The Morgan fingerprint density at radius 1 is 1.14 bits per heavy atom. The number of nitrogens with one attached hydrogen (secondary N) is 1. The van der Waals surface area contributed by atoms with Gasteiger partial charge in [-0.3, -0.25) is 0 Å². The lowest BCUT2D eigenvalue weighted by Gasteiger charge is -2.16. The lowest BCUT2D eigenvalue weighted by atomic mass is 10.1. The number of fused-ring (bicyclic) bond motifs is 2. The van der Waals surface area contributed by atoms with Crippen LogP contribution in [0.5, 0.6) is 0 Å². The molecule has 0 radical (unpaired) electrons. The molecule has 1 aliphatic rings. The van der Waals surface area contributed by atoms with Gasteiger partial charge in [0, 0.05) is 16.6 Å². The summed E-state index contributed by atoms with van der Waals surface area (Å²) in [6, 6.07) is 14.8. The number of aryl methyl sites for hydroxylation is 1. The van der Waals surface area contributed by atoms with Gasteiger partial charge in [0.25, 0.3) is 0 Å². The standard InChI is InChI=1S/C18H16FN3/c19-14-3-1-2-11-4-7-16(18(11)14)22-17-9-5-12-10-13(20)6-8-15(12)21-17/h1-3,5-6,8-10,16H,4,7,20H2,(H,21,22). The van der Waals surface area contributed by atoms with E-state index in [1.165, 1.54) is 6.07 Å². The van der Waals surface area contributed by atoms with Crippen LogP contribution in [0.15, 0.2) is 48.5 Å². The van der Waals surface area contributed by atoms with Crippen molar-refractivity contribution in [3.63, 3.8) is 0 Å². The van der Waals surface area contributed by atoms with Crippen LogP contribution < -0.4 is 11.1 Å². The summed E-state index contributed by atoms with van der Waals surface area (Å²) in [4.78, 5) is 4.59. The van der Waals surface area contributed by atoms with Crippen molar-refractivity contribution in [1.29, 1.82) is 0 Å². The van der Waals surface area contributed by atoms with Gasteiger partial charge in [-0.1, -0.05) is 12.1 Å². The molecule has 110 valence electrons. The zero-order valence-electron chi connectivity index (χ0n) is 12.0. The topological polar surface area (TPSA) is 50.9 Å². The molecule has 0 saturated carbocycles. The normalized spacial score (nSPS) is 16.7. The summed E-state index contributed by atoms with van der Waals surface area (Å²) in [5.74, 6) is 0.624. The molecule has 0 saturated heterocycles. The summed E-state index contributed by atoms with van der Waals surface area (Å²) < 4.78 is 14.1. The Balaban J connectivity index is 1.67. The van der Waals surface area contributed by atoms with E-state index in [1.54, 1.807) is 6.07 Å². The Labute approximate surface area is 128 Å². The number of halogens is 1. The minimum atomic E-state index is -0.138. The molecule has 1 aromatic heterocycles. The van der Waals surface area contributed by atoms with Gasteiger partial charge < -0.3 is 11.1 Å². The average Bonchev–Trinajstić information content (AvgIpc) is 2.92. The fourth-order valence-corrected chi connectivity index (χ4v) is 3.18. The molecule has 3 nitrogen and oxygen atoms in total. The van der Waals surface area contributed by atoms with Crippen molar-refractivity contribution in [3.05, 3.63) is 65.5 Å². The van der Waals surface area contributed by atoms with E-state index in [2.05, 4.69) is 10.3 Å². The lowest BCUT2D eigenvalue weighted by molar-refractivity contribution is 0.598. The first-order valence-electron chi connectivity index (χ1n) is 7.41. The number of rotatable bonds is 2. The van der Waals surface area contributed by atoms with Crippen molar-refractivity contribution in [2.45, 2.75) is 18.9 Å². The minimum absolute atomic E-state index is 0.0186. The summed E-state index contributed by atoms with van der Waals surface area (Å²) in [5.41, 5.74) is 9.25. The molecule has 2 aromatic carbocycles. The monoisotopic (exact) mass is 293 g/mol. The minimum Gasteiger partial charge on any atom is -0.399 e. The largest absolute Gasteiger partial charge is 0.399 e. The van der Waals surface area contributed by atoms with Crippen LogP contribution in [0.25, 0.3) is 10.9 Å². The van der Waals surface area contributed by atoms with E-state index < -0.39 is 0 Å². The molecule has 0 aliphatic heterocycles. The second-order valence-electron chi connectivity index (χ2n) is 5.70. The molecule has 0 fully saturated rings. The molecule has 22 heavy (non-hydrogen) atoms. The van der Waals surface area contributed by atoms with Gasteiger partial charge in [0.05, 0.1) is 11.6 Å². The lowest BCUT2D eigenvalue weighted by Crippen LogP contribution is -2.10. The summed E-state index contributed by atoms with van der Waals surface area (Å²) >= 11 is 0. The van der Waals surface area contributed by atoms with Crippen LogP contribution in [0.2, 0.25) is 0 Å². The predicted octanol–water partition coefficient (Wildman–Crippen LogP) is 4.06. The molecule has 0 bridgehead atoms. The van der Waals surface area contributed by atoms with E-state index in [-0.39, 0.29) is 11.9 Å². The number of anilines is 2. The summed E-state index contributed by atoms with van der Waals surface area (Å²) in [6.45, 7) is 0. The van der Waals surface area contributed by atoms with Crippen molar-refractivity contribution >= 4 is 22.4 Å². The molecular formula is C18H16FN3. The number of pyridine rings is 1. The van der Waals surface area contributed by atoms with Crippen molar-refractivity contribution in [3.8, 4) is 0 Å². The molecule has 1 unspecified atom stereocenters. The Kier molecular flexibility index (Phi) is 2.96. The Hall–Kier alpha value is -2.62. The summed E-state index contributed by atoms with van der Waals surface area (Å²) in [5, 5.41) is 4.37. The maximum absolute atomic E-state index is 14.1. The summed E-state index contributed by atoms with van der Waals surface area (Å²) in [6.07, 6.45) is 1.78. The molecule has 3 aromatic rings. The SMILES string of the molecule is Nc1ccc2nc(NC3CCc4cccc(F)c43)ccc2c1. The quantitative estimate of drug-likeness (QED) is 0.701. The van der Waals surface area contributed by atoms with Gasteiger partial charge in [0.1, 0.15) is 11.6 Å². The van der Waals surface area contributed by atoms with E-state index in [4.69, 9.17) is 5.73 Å². The third-order valence-electron chi connectivity index (χ3n) is 4.23. The molecular weight excluding hydrogens is 277 g/mol. The number of nitrogens with two attached hydrogens (primary N) is 1. The van der Waals surface area contributed by atoms with Crippen LogP contribution >= 0.6 is 0 Å². The molecule has 1 aliphatic carbocycles. The van der Waals surface area contributed by atoms with Gasteiger partial charge in [-0.2, -0.15) is 0 Å². The van der Waals surface area contributed by atoms with Crippen molar-refractivity contribution in [2.75, 3.05) is 11.1 Å². The fourth-order valence-electron chi connectivity index (χ4n) is 3.18. The number of hydrogen-bond donors (Lipinski definition) is 2. The first-order chi connectivity index (χ1) is 10.7. The zero-order valence-corrected chi connectivity index (χ0v) is 12.0. The highest BCUT2D eigenvalue weighted by Gasteiger charge is 2.25. The van der Waals surface area contributed by atoms with E-state index in [9.17, 15) is 4.39 Å². The molecule has 0 spiro atoms. The maximum atomic E-state index is 14.1. The summed E-state index contributed by atoms with van der Waals surface area (Å²) in [7, 11) is 0. The van der Waals surface area contributed by atoms with E-state index in [0.717, 1.165) is 46.4 Å². The van der Waals surface area contributed by atoms with Gasteiger partial charge in [-0.05, 0) is 54.8 Å². The van der Waals surface area contributed by atoms with E-state index >= 15 is 0 Å². The molecule has 1 heterocycles. The van der Waals surface area contributed by atoms with Crippen LogP contribution in [0, 0.1) is 5.82 Å². The van der Waals surface area contributed by atoms with Crippen LogP contribution in [0.1, 0.15) is 23.6 Å². The smallest absolute Gasteiger partial charge is 0.128 e. The Morgan fingerprint density at radius 2 is 2.05 bits per heavy atom. The average molecular weight is 293 g/mol.